The highest BCUT2D eigenvalue weighted by Crippen LogP contribution is 2.35. The molecular weight excluding hydrogens is 269 g/mol. The van der Waals surface area contributed by atoms with E-state index in [1.54, 1.807) is 19.9 Å². The van der Waals surface area contributed by atoms with E-state index in [-0.39, 0.29) is 11.9 Å². The predicted molar refractivity (Wildman–Crippen MR) is 81.4 cm³/mol. The van der Waals surface area contributed by atoms with Gasteiger partial charge in [-0.2, -0.15) is 0 Å². The SMILES string of the molecule is CCOc1ccccc1Oc1cc(C)c(F)cc1[C@@H](C)N. The molecule has 0 aliphatic carbocycles. The Morgan fingerprint density at radius 1 is 1.14 bits per heavy atom. The molecule has 0 amide bonds. The van der Waals surface area contributed by atoms with E-state index >= 15 is 0 Å². The highest BCUT2D eigenvalue weighted by atomic mass is 19.1. The fourth-order valence-corrected chi connectivity index (χ4v) is 2.04. The first-order chi connectivity index (χ1) is 10.0. The summed E-state index contributed by atoms with van der Waals surface area (Å²) in [5.74, 6) is 1.51. The molecule has 2 rings (SSSR count). The lowest BCUT2D eigenvalue weighted by Crippen LogP contribution is -2.08. The molecule has 0 spiro atoms. The molecule has 2 aromatic carbocycles. The first kappa shape index (κ1) is 15.3. The van der Waals surface area contributed by atoms with Crippen molar-refractivity contribution in [2.75, 3.05) is 6.61 Å². The summed E-state index contributed by atoms with van der Waals surface area (Å²) in [4.78, 5) is 0. The largest absolute Gasteiger partial charge is 0.490 e. The maximum atomic E-state index is 13.7. The van der Waals surface area contributed by atoms with Crippen LogP contribution in [0, 0.1) is 12.7 Å². The van der Waals surface area contributed by atoms with Crippen LogP contribution in [0.15, 0.2) is 36.4 Å². The van der Waals surface area contributed by atoms with Gasteiger partial charge >= 0.3 is 0 Å². The Balaban J connectivity index is 2.41. The third kappa shape index (κ3) is 3.52. The Hall–Kier alpha value is -2.07. The van der Waals surface area contributed by atoms with Crippen LogP contribution in [0.5, 0.6) is 17.2 Å². The zero-order valence-electron chi connectivity index (χ0n) is 12.5. The van der Waals surface area contributed by atoms with Crippen molar-refractivity contribution in [3.8, 4) is 17.2 Å². The van der Waals surface area contributed by atoms with Crippen LogP contribution in [0.2, 0.25) is 0 Å². The van der Waals surface area contributed by atoms with Crippen molar-refractivity contribution in [1.29, 1.82) is 0 Å². The van der Waals surface area contributed by atoms with Crippen LogP contribution in [-0.4, -0.2) is 6.61 Å². The van der Waals surface area contributed by atoms with Gasteiger partial charge in [0.2, 0.25) is 0 Å². The molecule has 1 atom stereocenters. The minimum atomic E-state index is -0.325. The zero-order chi connectivity index (χ0) is 15.4. The molecule has 112 valence electrons. The molecule has 4 heteroatoms. The number of hydrogen-bond acceptors (Lipinski definition) is 3. The second kappa shape index (κ2) is 6.59. The quantitative estimate of drug-likeness (QED) is 0.890. The van der Waals surface area contributed by atoms with Gasteiger partial charge in [0.05, 0.1) is 6.61 Å². The summed E-state index contributed by atoms with van der Waals surface area (Å²) >= 11 is 0. The summed E-state index contributed by atoms with van der Waals surface area (Å²) in [6, 6.07) is 10.2. The van der Waals surface area contributed by atoms with Gasteiger partial charge in [-0.05, 0) is 50.6 Å². The number of ether oxygens (including phenoxy) is 2. The van der Waals surface area contributed by atoms with Crippen LogP contribution < -0.4 is 15.2 Å². The minimum Gasteiger partial charge on any atom is -0.490 e. The number of rotatable bonds is 5. The molecular formula is C17H20FNO2. The summed E-state index contributed by atoms with van der Waals surface area (Å²) < 4.78 is 25.2. The molecule has 3 nitrogen and oxygen atoms in total. The third-order valence-electron chi connectivity index (χ3n) is 3.15. The van der Waals surface area contributed by atoms with Gasteiger partial charge in [0.25, 0.3) is 0 Å². The van der Waals surface area contributed by atoms with Gasteiger partial charge in [0.1, 0.15) is 11.6 Å². The van der Waals surface area contributed by atoms with E-state index in [0.717, 1.165) is 0 Å². The van der Waals surface area contributed by atoms with Crippen molar-refractivity contribution < 1.29 is 13.9 Å². The molecule has 0 bridgehead atoms. The zero-order valence-corrected chi connectivity index (χ0v) is 12.5. The second-order valence-corrected chi connectivity index (χ2v) is 4.91. The van der Waals surface area contributed by atoms with E-state index in [1.807, 2.05) is 31.2 Å². The molecule has 0 unspecified atom stereocenters. The van der Waals surface area contributed by atoms with E-state index in [0.29, 0.717) is 35.0 Å². The average Bonchev–Trinajstić information content (AvgIpc) is 2.44. The molecule has 0 saturated carbocycles. The number of benzene rings is 2. The Morgan fingerprint density at radius 3 is 2.43 bits per heavy atom. The highest BCUT2D eigenvalue weighted by molar-refractivity contribution is 5.47. The van der Waals surface area contributed by atoms with Crippen molar-refractivity contribution >= 4 is 0 Å². The van der Waals surface area contributed by atoms with Gasteiger partial charge in [-0.1, -0.05) is 12.1 Å². The van der Waals surface area contributed by atoms with Crippen LogP contribution in [0.25, 0.3) is 0 Å². The lowest BCUT2D eigenvalue weighted by molar-refractivity contribution is 0.320. The van der Waals surface area contributed by atoms with E-state index in [2.05, 4.69) is 0 Å². The highest BCUT2D eigenvalue weighted by Gasteiger charge is 2.14. The minimum absolute atomic E-state index is 0.284. The topological polar surface area (TPSA) is 44.5 Å². The molecule has 0 aliphatic heterocycles. The lowest BCUT2D eigenvalue weighted by atomic mass is 10.0. The standard InChI is InChI=1S/C17H20FNO2/c1-4-20-15-7-5-6-8-16(15)21-17-9-11(2)14(18)10-13(17)12(3)19/h5-10,12H,4,19H2,1-3H3/t12-/m1/s1. The second-order valence-electron chi connectivity index (χ2n) is 4.91. The van der Waals surface area contributed by atoms with Gasteiger partial charge in [0.15, 0.2) is 11.5 Å². The molecule has 21 heavy (non-hydrogen) atoms. The van der Waals surface area contributed by atoms with Crippen molar-refractivity contribution in [3.63, 3.8) is 0 Å². The Morgan fingerprint density at radius 2 is 1.81 bits per heavy atom. The smallest absolute Gasteiger partial charge is 0.169 e. The molecule has 0 fully saturated rings. The number of aryl methyl sites for hydroxylation is 1. The summed E-state index contributed by atoms with van der Waals surface area (Å²) in [5, 5.41) is 0. The molecule has 0 heterocycles. The Labute approximate surface area is 124 Å². The summed E-state index contributed by atoms with van der Waals surface area (Å²) in [6.45, 7) is 5.95. The van der Waals surface area contributed by atoms with Gasteiger partial charge in [0, 0.05) is 11.6 Å². The van der Waals surface area contributed by atoms with E-state index in [4.69, 9.17) is 15.2 Å². The van der Waals surface area contributed by atoms with Crippen LogP contribution in [0.3, 0.4) is 0 Å². The number of halogens is 1. The van der Waals surface area contributed by atoms with Crippen molar-refractivity contribution in [1.82, 2.24) is 0 Å². The van der Waals surface area contributed by atoms with Crippen molar-refractivity contribution in [2.24, 2.45) is 5.73 Å². The normalized spacial score (nSPS) is 12.0. The maximum absolute atomic E-state index is 13.7. The van der Waals surface area contributed by atoms with Gasteiger partial charge in [-0.25, -0.2) is 4.39 Å². The Kier molecular flexibility index (Phi) is 4.81. The first-order valence-electron chi connectivity index (χ1n) is 6.98. The summed E-state index contributed by atoms with van der Waals surface area (Å²) in [7, 11) is 0. The van der Waals surface area contributed by atoms with Crippen molar-refractivity contribution in [2.45, 2.75) is 26.8 Å². The van der Waals surface area contributed by atoms with Crippen LogP contribution in [0.1, 0.15) is 31.0 Å². The fourth-order valence-electron chi connectivity index (χ4n) is 2.04. The van der Waals surface area contributed by atoms with E-state index < -0.39 is 0 Å². The van der Waals surface area contributed by atoms with Gasteiger partial charge in [-0.15, -0.1) is 0 Å². The molecule has 0 aromatic heterocycles. The van der Waals surface area contributed by atoms with Crippen LogP contribution >= 0.6 is 0 Å². The average molecular weight is 289 g/mol. The fraction of sp³-hybridized carbons (Fsp3) is 0.294. The summed E-state index contributed by atoms with van der Waals surface area (Å²) in [5.41, 5.74) is 7.05. The van der Waals surface area contributed by atoms with E-state index in [9.17, 15) is 4.39 Å². The summed E-state index contributed by atoms with van der Waals surface area (Å²) in [6.07, 6.45) is 0. The maximum Gasteiger partial charge on any atom is 0.169 e. The third-order valence-corrected chi connectivity index (χ3v) is 3.15. The molecule has 0 saturated heterocycles. The Bertz CT molecular complexity index is 626. The van der Waals surface area contributed by atoms with Crippen molar-refractivity contribution in [3.05, 3.63) is 53.3 Å². The molecule has 2 N–H and O–H groups in total. The first-order valence-corrected chi connectivity index (χ1v) is 6.98. The molecule has 0 radical (unpaired) electrons. The lowest BCUT2D eigenvalue weighted by Gasteiger charge is -2.17. The number of hydrogen-bond donors (Lipinski definition) is 1. The predicted octanol–water partition coefficient (Wildman–Crippen LogP) is 4.34. The molecule has 2 aromatic rings. The van der Waals surface area contributed by atoms with Crippen LogP contribution in [-0.2, 0) is 0 Å². The van der Waals surface area contributed by atoms with Gasteiger partial charge < -0.3 is 15.2 Å². The molecule has 0 aliphatic rings. The number of nitrogens with two attached hydrogens (primary N) is 1. The van der Waals surface area contributed by atoms with E-state index in [1.165, 1.54) is 6.07 Å². The van der Waals surface area contributed by atoms with Crippen LogP contribution in [0.4, 0.5) is 4.39 Å². The van der Waals surface area contributed by atoms with Gasteiger partial charge in [-0.3, -0.25) is 0 Å². The number of para-hydroxylation sites is 2. The monoisotopic (exact) mass is 289 g/mol.